The normalized spacial score (nSPS) is 35.3. The maximum absolute atomic E-state index is 11.8. The Hall–Kier alpha value is -2.01. The fraction of sp³-hybridized carbons (Fsp3) is 0.583. The molecule has 6 N–H and O–H groups in total. The molecule has 1 aliphatic heterocycles. The van der Waals surface area contributed by atoms with Crippen LogP contribution >= 0.6 is 0 Å². The number of aromatic amines is 1. The van der Waals surface area contributed by atoms with E-state index in [0.717, 1.165) is 0 Å². The molecule has 22 heavy (non-hydrogen) atoms. The Morgan fingerprint density at radius 2 is 2.23 bits per heavy atom. The number of nitrogen functional groups attached to an aromatic ring is 1. The Morgan fingerprint density at radius 1 is 1.55 bits per heavy atom. The summed E-state index contributed by atoms with van der Waals surface area (Å²) in [5.74, 6) is -0.111. The summed E-state index contributed by atoms with van der Waals surface area (Å²) in [6, 6.07) is 0. The van der Waals surface area contributed by atoms with Gasteiger partial charge >= 0.3 is 0 Å². The zero-order valence-corrected chi connectivity index (χ0v) is 12.0. The van der Waals surface area contributed by atoms with Crippen molar-refractivity contribution in [1.29, 1.82) is 0 Å². The summed E-state index contributed by atoms with van der Waals surface area (Å²) in [7, 11) is 0. The summed E-state index contributed by atoms with van der Waals surface area (Å²) in [5.41, 5.74) is 1.89. The number of rotatable bonds is 2. The van der Waals surface area contributed by atoms with E-state index in [9.17, 15) is 20.1 Å². The summed E-state index contributed by atoms with van der Waals surface area (Å²) < 4.78 is 6.96. The smallest absolute Gasteiger partial charge is 0.280 e. The van der Waals surface area contributed by atoms with Crippen LogP contribution in [0.2, 0.25) is 0 Å². The Morgan fingerprint density at radius 3 is 2.82 bits per heavy atom. The van der Waals surface area contributed by atoms with E-state index in [4.69, 9.17) is 10.5 Å². The quantitative estimate of drug-likeness (QED) is 0.421. The number of aliphatic hydroxyl groups excluding tert-OH is 2. The monoisotopic (exact) mass is 311 g/mol. The molecule has 0 amide bonds. The van der Waals surface area contributed by atoms with Gasteiger partial charge in [0.1, 0.15) is 17.8 Å². The predicted molar refractivity (Wildman–Crippen MR) is 74.8 cm³/mol. The van der Waals surface area contributed by atoms with Crippen molar-refractivity contribution in [3.63, 3.8) is 0 Å². The van der Waals surface area contributed by atoms with Crippen molar-refractivity contribution in [2.24, 2.45) is 0 Å². The molecule has 1 aliphatic rings. The molecule has 1 fully saturated rings. The van der Waals surface area contributed by atoms with Gasteiger partial charge in [-0.05, 0) is 13.8 Å². The molecule has 10 heteroatoms. The van der Waals surface area contributed by atoms with Crippen LogP contribution in [0.5, 0.6) is 0 Å². The third-order valence-corrected chi connectivity index (χ3v) is 4.31. The topological polar surface area (TPSA) is 160 Å². The number of aromatic nitrogens is 4. The number of anilines is 1. The second-order valence-corrected chi connectivity index (χ2v) is 5.65. The van der Waals surface area contributed by atoms with Gasteiger partial charge in [-0.1, -0.05) is 0 Å². The fourth-order valence-corrected chi connectivity index (χ4v) is 2.79. The molecule has 2 aromatic heterocycles. The van der Waals surface area contributed by atoms with Gasteiger partial charge in [0.2, 0.25) is 5.95 Å². The summed E-state index contributed by atoms with van der Waals surface area (Å²) in [6.45, 7) is 2.40. The van der Waals surface area contributed by atoms with Gasteiger partial charge in [-0.15, -0.1) is 0 Å². The molecule has 4 atom stereocenters. The Kier molecular flexibility index (Phi) is 3.04. The van der Waals surface area contributed by atoms with Gasteiger partial charge in [0.25, 0.3) is 5.56 Å². The SMILES string of the molecule is C[C@@]1(n2cnc3c(=O)[nH]c(N)nc32)O[C@H](CO)[C@@H](O)[C@@]1(C)O. The molecule has 0 aromatic carbocycles. The number of ether oxygens (including phenoxy) is 1. The van der Waals surface area contributed by atoms with Crippen LogP contribution in [0, 0.1) is 0 Å². The summed E-state index contributed by atoms with van der Waals surface area (Å²) in [6.07, 6.45) is -1.05. The molecule has 10 nitrogen and oxygen atoms in total. The van der Waals surface area contributed by atoms with Crippen LogP contribution in [0.4, 0.5) is 5.95 Å². The van der Waals surface area contributed by atoms with Crippen LogP contribution in [0.25, 0.3) is 11.2 Å². The lowest BCUT2D eigenvalue weighted by Crippen LogP contribution is -2.53. The number of nitrogens with two attached hydrogens (primary N) is 1. The zero-order valence-electron chi connectivity index (χ0n) is 12.0. The van der Waals surface area contributed by atoms with E-state index >= 15 is 0 Å². The highest BCUT2D eigenvalue weighted by Gasteiger charge is 2.61. The molecule has 2 aromatic rings. The van der Waals surface area contributed by atoms with Gasteiger partial charge < -0.3 is 25.8 Å². The molecule has 0 radical (unpaired) electrons. The summed E-state index contributed by atoms with van der Waals surface area (Å²) in [4.78, 5) is 22.1. The van der Waals surface area contributed by atoms with Crippen LogP contribution in [0.15, 0.2) is 11.1 Å². The average molecular weight is 311 g/mol. The lowest BCUT2D eigenvalue weighted by molar-refractivity contribution is -0.174. The number of hydrogen-bond donors (Lipinski definition) is 5. The van der Waals surface area contributed by atoms with Crippen LogP contribution in [-0.2, 0) is 10.5 Å². The first-order valence-electron chi connectivity index (χ1n) is 6.65. The van der Waals surface area contributed by atoms with Crippen LogP contribution in [-0.4, -0.2) is 59.3 Å². The number of nitrogens with one attached hydrogen (secondary N) is 1. The lowest BCUT2D eigenvalue weighted by Gasteiger charge is -2.37. The highest BCUT2D eigenvalue weighted by atomic mass is 16.6. The molecule has 3 heterocycles. The standard InChI is InChI=1S/C12H17N5O5/c1-11(21)7(19)5(3-18)22-12(11,2)17-4-14-6-8(17)15-10(13)16-9(6)20/h4-5,7,18-19,21H,3H2,1-2H3,(H3,13,15,16,20)/t5-,7-,11-,12-/m1/s1. The molecule has 0 spiro atoms. The first-order chi connectivity index (χ1) is 10.2. The number of H-pyrrole nitrogens is 1. The largest absolute Gasteiger partial charge is 0.394 e. The molecular formula is C12H17N5O5. The van der Waals surface area contributed by atoms with Crippen molar-refractivity contribution in [3.8, 4) is 0 Å². The fourth-order valence-electron chi connectivity index (χ4n) is 2.79. The molecule has 0 aliphatic carbocycles. The van der Waals surface area contributed by atoms with Gasteiger partial charge in [-0.2, -0.15) is 4.98 Å². The molecule has 3 rings (SSSR count). The van der Waals surface area contributed by atoms with E-state index < -0.39 is 35.7 Å². The first-order valence-corrected chi connectivity index (χ1v) is 6.65. The molecule has 0 bridgehead atoms. The Balaban J connectivity index is 2.24. The van der Waals surface area contributed by atoms with Crippen LogP contribution < -0.4 is 11.3 Å². The van der Waals surface area contributed by atoms with E-state index in [1.807, 2.05) is 0 Å². The Labute approximate surface area is 124 Å². The third-order valence-electron chi connectivity index (χ3n) is 4.31. The van der Waals surface area contributed by atoms with Crippen molar-refractivity contribution < 1.29 is 20.1 Å². The Bertz CT molecular complexity index is 784. The van der Waals surface area contributed by atoms with Crippen molar-refractivity contribution in [3.05, 3.63) is 16.7 Å². The molecule has 0 unspecified atom stereocenters. The van der Waals surface area contributed by atoms with Crippen molar-refractivity contribution in [2.75, 3.05) is 12.3 Å². The number of imidazole rings is 1. The lowest BCUT2D eigenvalue weighted by atomic mass is 9.88. The number of aliphatic hydroxyl groups is 3. The molecule has 0 saturated carbocycles. The zero-order chi connectivity index (χ0) is 16.3. The van der Waals surface area contributed by atoms with Gasteiger partial charge in [0, 0.05) is 0 Å². The van der Waals surface area contributed by atoms with Crippen molar-refractivity contribution >= 4 is 17.1 Å². The molecule has 1 saturated heterocycles. The van der Waals surface area contributed by atoms with Gasteiger partial charge in [0.05, 0.1) is 12.9 Å². The van der Waals surface area contributed by atoms with E-state index in [1.54, 1.807) is 0 Å². The molecule has 120 valence electrons. The first kappa shape index (κ1) is 14.9. The number of hydrogen-bond acceptors (Lipinski definition) is 8. The minimum absolute atomic E-state index is 0.0248. The van der Waals surface area contributed by atoms with E-state index in [2.05, 4.69) is 15.0 Å². The van der Waals surface area contributed by atoms with Gasteiger partial charge in [-0.3, -0.25) is 14.3 Å². The second kappa shape index (κ2) is 4.49. The number of fused-ring (bicyclic) bond motifs is 1. The average Bonchev–Trinajstić information content (AvgIpc) is 2.93. The van der Waals surface area contributed by atoms with E-state index in [0.29, 0.717) is 0 Å². The summed E-state index contributed by atoms with van der Waals surface area (Å²) in [5, 5.41) is 30.1. The highest BCUT2D eigenvalue weighted by molar-refractivity contribution is 5.70. The van der Waals surface area contributed by atoms with Crippen LogP contribution in [0.3, 0.4) is 0 Å². The van der Waals surface area contributed by atoms with Gasteiger partial charge in [-0.25, -0.2) is 4.98 Å². The predicted octanol–water partition coefficient (Wildman–Crippen LogP) is -2.12. The molecular weight excluding hydrogens is 294 g/mol. The third kappa shape index (κ3) is 1.72. The summed E-state index contributed by atoms with van der Waals surface area (Å²) >= 11 is 0. The van der Waals surface area contributed by atoms with Crippen molar-refractivity contribution in [2.45, 2.75) is 37.4 Å². The maximum Gasteiger partial charge on any atom is 0.280 e. The minimum Gasteiger partial charge on any atom is -0.394 e. The van der Waals surface area contributed by atoms with Gasteiger partial charge in [0.15, 0.2) is 16.9 Å². The second-order valence-electron chi connectivity index (χ2n) is 5.65. The van der Waals surface area contributed by atoms with Crippen molar-refractivity contribution in [1.82, 2.24) is 19.5 Å². The minimum atomic E-state index is -1.76. The number of nitrogens with zero attached hydrogens (tertiary/aromatic N) is 3. The maximum atomic E-state index is 11.8. The van der Waals surface area contributed by atoms with Crippen LogP contribution in [0.1, 0.15) is 13.8 Å². The van der Waals surface area contributed by atoms with E-state index in [1.165, 1.54) is 24.7 Å². The van der Waals surface area contributed by atoms with E-state index in [-0.39, 0.29) is 17.1 Å². The highest BCUT2D eigenvalue weighted by Crippen LogP contribution is 2.44.